The summed E-state index contributed by atoms with van der Waals surface area (Å²) in [6, 6.07) is 0. The molecule has 1 atom stereocenters. The van der Waals surface area contributed by atoms with E-state index in [4.69, 9.17) is 0 Å². The summed E-state index contributed by atoms with van der Waals surface area (Å²) in [5.41, 5.74) is 0. The lowest BCUT2D eigenvalue weighted by Crippen LogP contribution is -2.10. The molecule has 0 N–H and O–H groups in total. The first-order valence-corrected chi connectivity index (χ1v) is 3.41. The summed E-state index contributed by atoms with van der Waals surface area (Å²) in [6.07, 6.45) is 1.66. The number of hydrogen-bond donors (Lipinski definition) is 0. The standard InChI is InChI=1S/C8H12O3/c1-3-8(10)4-7(2)5-11-6-9/h3,6-7H,1,4-5H2,2H3. The Hall–Kier alpha value is -0.990. The third-order valence-electron chi connectivity index (χ3n) is 1.23. The maximum atomic E-state index is 10.7. The summed E-state index contributed by atoms with van der Waals surface area (Å²) in [4.78, 5) is 20.5. The van der Waals surface area contributed by atoms with Crippen LogP contribution in [0.5, 0.6) is 0 Å². The van der Waals surface area contributed by atoms with Gasteiger partial charge in [-0.2, -0.15) is 0 Å². The van der Waals surface area contributed by atoms with Crippen molar-refractivity contribution < 1.29 is 14.3 Å². The Kier molecular flexibility index (Phi) is 5.25. The fraction of sp³-hybridized carbons (Fsp3) is 0.500. The molecule has 0 saturated heterocycles. The average Bonchev–Trinajstić information content (AvgIpc) is 2.00. The van der Waals surface area contributed by atoms with Gasteiger partial charge in [-0.1, -0.05) is 6.92 Å². The molecule has 3 heteroatoms. The van der Waals surface area contributed by atoms with Crippen molar-refractivity contribution in [3.05, 3.63) is 13.3 Å². The van der Waals surface area contributed by atoms with E-state index in [-0.39, 0.29) is 11.7 Å². The molecule has 0 aliphatic rings. The highest BCUT2D eigenvalue weighted by atomic mass is 16.5. The number of carbonyl (C=O) groups is 2. The monoisotopic (exact) mass is 156 g/mol. The van der Waals surface area contributed by atoms with Crippen molar-refractivity contribution in [2.24, 2.45) is 5.92 Å². The molecular weight excluding hydrogens is 144 g/mol. The van der Waals surface area contributed by atoms with Gasteiger partial charge in [0.1, 0.15) is 0 Å². The zero-order valence-electron chi connectivity index (χ0n) is 6.58. The molecule has 0 aromatic carbocycles. The molecule has 0 aromatic rings. The van der Waals surface area contributed by atoms with E-state index in [9.17, 15) is 9.59 Å². The van der Waals surface area contributed by atoms with Gasteiger partial charge < -0.3 is 4.74 Å². The van der Waals surface area contributed by atoms with E-state index in [1.165, 1.54) is 6.42 Å². The van der Waals surface area contributed by atoms with E-state index in [0.29, 0.717) is 19.5 Å². The third-order valence-corrected chi connectivity index (χ3v) is 1.23. The second-order valence-corrected chi connectivity index (χ2v) is 2.41. The Bertz CT molecular complexity index is 131. The van der Waals surface area contributed by atoms with Crippen LogP contribution in [0.4, 0.5) is 0 Å². The molecule has 0 saturated carbocycles. The van der Waals surface area contributed by atoms with Gasteiger partial charge in [0.25, 0.3) is 12.3 Å². The van der Waals surface area contributed by atoms with Crippen molar-refractivity contribution in [1.29, 1.82) is 0 Å². The Morgan fingerprint density at radius 1 is 1.82 bits per heavy atom. The average molecular weight is 156 g/mol. The van der Waals surface area contributed by atoms with Crippen LogP contribution in [0.25, 0.3) is 0 Å². The van der Waals surface area contributed by atoms with Crippen LogP contribution in [0.3, 0.4) is 0 Å². The summed E-state index contributed by atoms with van der Waals surface area (Å²) in [5.74, 6) is 0.0534. The molecule has 0 fully saturated rings. The van der Waals surface area contributed by atoms with Crippen LogP contribution in [-0.2, 0) is 14.3 Å². The smallest absolute Gasteiger partial charge is 0.293 e. The Balaban J connectivity index is 3.42. The number of ketones is 1. The van der Waals surface area contributed by atoms with Gasteiger partial charge in [0.05, 0.1) is 13.0 Å². The van der Waals surface area contributed by atoms with Crippen LogP contribution in [0.2, 0.25) is 0 Å². The van der Waals surface area contributed by atoms with E-state index in [1.54, 1.807) is 0 Å². The first-order chi connectivity index (χ1) is 5.20. The first kappa shape index (κ1) is 10.0. The lowest BCUT2D eigenvalue weighted by atomic mass is 10.0. The number of rotatable bonds is 6. The number of carbonyl (C=O) groups excluding carboxylic acids is 2. The molecule has 11 heavy (non-hydrogen) atoms. The number of hydrogen-bond acceptors (Lipinski definition) is 3. The van der Waals surface area contributed by atoms with Gasteiger partial charge in [0.15, 0.2) is 0 Å². The molecule has 0 amide bonds. The van der Waals surface area contributed by atoms with Crippen molar-refractivity contribution in [2.75, 3.05) is 6.61 Å². The third kappa shape index (κ3) is 5.45. The van der Waals surface area contributed by atoms with Crippen LogP contribution < -0.4 is 0 Å². The fourth-order valence-corrected chi connectivity index (χ4v) is 0.689. The molecule has 0 aromatic heterocycles. The summed E-state index contributed by atoms with van der Waals surface area (Å²) >= 11 is 0. The molecule has 0 heterocycles. The predicted molar refractivity (Wildman–Crippen MR) is 40.5 cm³/mol. The minimum Gasteiger partial charge on any atom is -0.468 e. The van der Waals surface area contributed by atoms with Crippen molar-refractivity contribution in [3.63, 3.8) is 0 Å². The van der Waals surface area contributed by atoms with Crippen molar-refractivity contribution in [1.82, 2.24) is 0 Å². The van der Waals surface area contributed by atoms with E-state index in [0.717, 1.165) is 0 Å². The number of ether oxygens (including phenoxy) is 1. The lowest BCUT2D eigenvalue weighted by Gasteiger charge is -2.04. The van der Waals surface area contributed by atoms with Gasteiger partial charge in [-0.3, -0.25) is 4.79 Å². The largest absolute Gasteiger partial charge is 0.468 e. The summed E-state index contributed by atoms with van der Waals surface area (Å²) in [7, 11) is 0. The quantitative estimate of drug-likeness (QED) is 0.422. The fourth-order valence-electron chi connectivity index (χ4n) is 0.689. The van der Waals surface area contributed by atoms with Crippen molar-refractivity contribution >= 4 is 12.3 Å². The first-order valence-electron chi connectivity index (χ1n) is 3.41. The van der Waals surface area contributed by atoms with Crippen LogP contribution in [0.15, 0.2) is 0 Å². The minimum absolute atomic E-state index is 0.0213. The summed E-state index contributed by atoms with van der Waals surface area (Å²) in [5, 5.41) is 0. The Labute approximate surface area is 66.7 Å². The van der Waals surface area contributed by atoms with E-state index in [2.05, 4.69) is 11.7 Å². The van der Waals surface area contributed by atoms with Crippen molar-refractivity contribution in [3.8, 4) is 0 Å². The highest BCUT2D eigenvalue weighted by Gasteiger charge is 2.10. The predicted octanol–water partition coefficient (Wildman–Crippen LogP) is 0.793. The van der Waals surface area contributed by atoms with Gasteiger partial charge in [0.2, 0.25) is 0 Å². The van der Waals surface area contributed by atoms with Gasteiger partial charge in [-0.05, 0) is 6.42 Å². The second kappa shape index (κ2) is 5.77. The lowest BCUT2D eigenvalue weighted by molar-refractivity contribution is -0.130. The summed E-state index contributed by atoms with van der Waals surface area (Å²) < 4.78 is 4.47. The molecule has 0 aliphatic heterocycles. The maximum Gasteiger partial charge on any atom is 0.293 e. The molecule has 0 rings (SSSR count). The maximum absolute atomic E-state index is 10.7. The molecule has 0 radical (unpaired) electrons. The Morgan fingerprint density at radius 3 is 2.91 bits per heavy atom. The molecule has 0 bridgehead atoms. The SMILES string of the molecule is [CH2-][CH+]C(=O)CC(C)COC=O. The zero-order valence-corrected chi connectivity index (χ0v) is 6.58. The van der Waals surface area contributed by atoms with Gasteiger partial charge >= 0.3 is 0 Å². The zero-order chi connectivity index (χ0) is 8.69. The molecule has 0 spiro atoms. The van der Waals surface area contributed by atoms with Gasteiger partial charge in [-0.25, -0.2) is 4.79 Å². The topological polar surface area (TPSA) is 43.4 Å². The van der Waals surface area contributed by atoms with Crippen LogP contribution in [0.1, 0.15) is 13.3 Å². The van der Waals surface area contributed by atoms with Crippen LogP contribution in [-0.4, -0.2) is 18.9 Å². The number of Topliss-reactive ketones (excluding diaryl/α,β-unsaturated/α-hetero) is 1. The summed E-state index contributed by atoms with van der Waals surface area (Å²) in [6.45, 7) is 5.85. The highest BCUT2D eigenvalue weighted by Crippen LogP contribution is 2.03. The molecular formula is C8H12O3. The molecule has 0 aliphatic carbocycles. The minimum atomic E-state index is -0.0213. The van der Waals surface area contributed by atoms with E-state index < -0.39 is 0 Å². The molecule has 62 valence electrons. The molecule has 1 unspecified atom stereocenters. The van der Waals surface area contributed by atoms with E-state index in [1.807, 2.05) is 6.92 Å². The van der Waals surface area contributed by atoms with Crippen LogP contribution in [0, 0.1) is 19.3 Å². The normalized spacial score (nSPS) is 11.8. The highest BCUT2D eigenvalue weighted by molar-refractivity contribution is 5.87. The van der Waals surface area contributed by atoms with Crippen molar-refractivity contribution in [2.45, 2.75) is 13.3 Å². The van der Waals surface area contributed by atoms with Gasteiger partial charge in [-0.15, -0.1) is 6.92 Å². The Morgan fingerprint density at radius 2 is 2.45 bits per heavy atom. The van der Waals surface area contributed by atoms with Crippen LogP contribution >= 0.6 is 0 Å². The molecule has 3 nitrogen and oxygen atoms in total. The van der Waals surface area contributed by atoms with Gasteiger partial charge in [0, 0.05) is 5.92 Å². The van der Waals surface area contributed by atoms with E-state index >= 15 is 0 Å². The second-order valence-electron chi connectivity index (χ2n) is 2.41.